The summed E-state index contributed by atoms with van der Waals surface area (Å²) in [6.07, 6.45) is 3.73. The summed E-state index contributed by atoms with van der Waals surface area (Å²) in [5, 5.41) is 8.28. The molecule has 0 amide bonds. The van der Waals surface area contributed by atoms with Gasteiger partial charge in [-0.25, -0.2) is 0 Å². The van der Waals surface area contributed by atoms with Crippen molar-refractivity contribution >= 4 is 0 Å². The fourth-order valence-corrected chi connectivity index (χ4v) is 2.88. The highest BCUT2D eigenvalue weighted by Gasteiger charge is 2.39. The zero-order chi connectivity index (χ0) is 13.1. The van der Waals surface area contributed by atoms with Gasteiger partial charge in [-0.15, -0.1) is 0 Å². The Labute approximate surface area is 111 Å². The smallest absolute Gasteiger partial charge is 0.0596 e. The third kappa shape index (κ3) is 3.14. The molecule has 1 N–H and O–H groups in total. The van der Waals surface area contributed by atoms with E-state index in [4.69, 9.17) is 0 Å². The van der Waals surface area contributed by atoms with Crippen molar-refractivity contribution in [3.63, 3.8) is 0 Å². The van der Waals surface area contributed by atoms with Gasteiger partial charge in [-0.2, -0.15) is 5.10 Å². The van der Waals surface area contributed by atoms with Gasteiger partial charge in [0.2, 0.25) is 0 Å². The number of aryl methyl sites for hydroxylation is 2. The Morgan fingerprint density at radius 2 is 2.22 bits per heavy atom. The van der Waals surface area contributed by atoms with Gasteiger partial charge in [0.1, 0.15) is 0 Å². The maximum absolute atomic E-state index is 4.55. The molecule has 0 bridgehead atoms. The average Bonchev–Trinajstić information content (AvgIpc) is 2.96. The van der Waals surface area contributed by atoms with Crippen LogP contribution in [0.15, 0.2) is 6.07 Å². The molecule has 3 heteroatoms. The fraction of sp³-hybridized carbons (Fsp3) is 0.800. The van der Waals surface area contributed by atoms with E-state index in [9.17, 15) is 0 Å². The molecule has 3 atom stereocenters. The summed E-state index contributed by atoms with van der Waals surface area (Å²) in [5.74, 6) is 1.77. The molecule has 0 aliphatic heterocycles. The van der Waals surface area contributed by atoms with Crippen molar-refractivity contribution in [2.75, 3.05) is 6.54 Å². The molecule has 1 heterocycles. The number of aromatic nitrogens is 2. The van der Waals surface area contributed by atoms with Crippen LogP contribution in [0.25, 0.3) is 0 Å². The van der Waals surface area contributed by atoms with Gasteiger partial charge in [0, 0.05) is 24.7 Å². The van der Waals surface area contributed by atoms with Gasteiger partial charge in [-0.05, 0) is 51.1 Å². The van der Waals surface area contributed by atoms with Gasteiger partial charge in [-0.3, -0.25) is 4.68 Å². The minimum absolute atomic E-state index is 0.640. The minimum Gasteiger partial charge on any atom is -0.313 e. The predicted molar refractivity (Wildman–Crippen MR) is 75.7 cm³/mol. The third-order valence-corrected chi connectivity index (χ3v) is 4.06. The first kappa shape index (κ1) is 13.6. The highest BCUT2D eigenvalue weighted by molar-refractivity contribution is 5.12. The van der Waals surface area contributed by atoms with Crippen LogP contribution in [0.3, 0.4) is 0 Å². The average molecular weight is 249 g/mol. The second-order valence-corrected chi connectivity index (χ2v) is 5.73. The van der Waals surface area contributed by atoms with Crippen molar-refractivity contribution in [1.82, 2.24) is 15.1 Å². The molecule has 0 aromatic carbocycles. The van der Waals surface area contributed by atoms with Crippen LogP contribution in [0, 0.1) is 18.8 Å². The second kappa shape index (κ2) is 5.87. The summed E-state index contributed by atoms with van der Waals surface area (Å²) in [7, 11) is 0. The largest absolute Gasteiger partial charge is 0.313 e. The molecule has 0 saturated heterocycles. The summed E-state index contributed by atoms with van der Waals surface area (Å²) < 4.78 is 2.16. The second-order valence-electron chi connectivity index (χ2n) is 5.73. The van der Waals surface area contributed by atoms with Gasteiger partial charge in [0.05, 0.1) is 5.69 Å². The fourth-order valence-electron chi connectivity index (χ4n) is 2.88. The Balaban J connectivity index is 2.02. The van der Waals surface area contributed by atoms with Crippen molar-refractivity contribution in [3.8, 4) is 0 Å². The Kier molecular flexibility index (Phi) is 4.44. The minimum atomic E-state index is 0.640. The lowest BCUT2D eigenvalue weighted by Gasteiger charge is -2.19. The van der Waals surface area contributed by atoms with E-state index in [-0.39, 0.29) is 0 Å². The maximum Gasteiger partial charge on any atom is 0.0596 e. The molecule has 2 rings (SSSR count). The van der Waals surface area contributed by atoms with Crippen LogP contribution >= 0.6 is 0 Å². The van der Waals surface area contributed by atoms with E-state index in [1.807, 2.05) is 0 Å². The van der Waals surface area contributed by atoms with Crippen LogP contribution in [0.5, 0.6) is 0 Å². The van der Waals surface area contributed by atoms with Gasteiger partial charge in [0.25, 0.3) is 0 Å². The quantitative estimate of drug-likeness (QED) is 0.805. The molecule has 3 unspecified atom stereocenters. The van der Waals surface area contributed by atoms with Crippen molar-refractivity contribution in [3.05, 3.63) is 17.5 Å². The molecule has 1 fully saturated rings. The first-order chi connectivity index (χ1) is 8.65. The number of nitrogens with one attached hydrogen (secondary N) is 1. The highest BCUT2D eigenvalue weighted by Crippen LogP contribution is 2.41. The first-order valence-corrected chi connectivity index (χ1v) is 7.42. The number of hydrogen-bond acceptors (Lipinski definition) is 2. The monoisotopic (exact) mass is 249 g/mol. The third-order valence-electron chi connectivity index (χ3n) is 4.06. The van der Waals surface area contributed by atoms with E-state index in [0.717, 1.165) is 37.0 Å². The zero-order valence-corrected chi connectivity index (χ0v) is 12.2. The molecular weight excluding hydrogens is 222 g/mol. The Hall–Kier alpha value is -0.830. The molecular formula is C15H27N3. The first-order valence-electron chi connectivity index (χ1n) is 7.42. The topological polar surface area (TPSA) is 29.9 Å². The molecule has 0 radical (unpaired) electrons. The SMILES string of the molecule is CCCNC(Cc1cc(C)nn1CC)C1CC1C. The van der Waals surface area contributed by atoms with Crippen molar-refractivity contribution in [2.24, 2.45) is 11.8 Å². The summed E-state index contributed by atoms with van der Waals surface area (Å²) in [4.78, 5) is 0. The van der Waals surface area contributed by atoms with Crippen LogP contribution in [0.1, 0.15) is 45.0 Å². The Morgan fingerprint density at radius 1 is 1.50 bits per heavy atom. The van der Waals surface area contributed by atoms with E-state index in [1.54, 1.807) is 0 Å². The van der Waals surface area contributed by atoms with Crippen LogP contribution in [-0.2, 0) is 13.0 Å². The molecule has 0 spiro atoms. The zero-order valence-electron chi connectivity index (χ0n) is 12.2. The highest BCUT2D eigenvalue weighted by atomic mass is 15.3. The van der Waals surface area contributed by atoms with E-state index in [0.29, 0.717) is 6.04 Å². The van der Waals surface area contributed by atoms with E-state index in [1.165, 1.54) is 18.5 Å². The van der Waals surface area contributed by atoms with Crippen LogP contribution < -0.4 is 5.32 Å². The van der Waals surface area contributed by atoms with Crippen LogP contribution in [-0.4, -0.2) is 22.4 Å². The number of nitrogens with zero attached hydrogens (tertiary/aromatic N) is 2. The van der Waals surface area contributed by atoms with Gasteiger partial charge < -0.3 is 5.32 Å². The maximum atomic E-state index is 4.55. The van der Waals surface area contributed by atoms with E-state index in [2.05, 4.69) is 48.9 Å². The summed E-state index contributed by atoms with van der Waals surface area (Å²) in [6.45, 7) is 11.0. The van der Waals surface area contributed by atoms with E-state index < -0.39 is 0 Å². The van der Waals surface area contributed by atoms with Crippen LogP contribution in [0.2, 0.25) is 0 Å². The lowest BCUT2D eigenvalue weighted by atomic mass is 10.0. The van der Waals surface area contributed by atoms with E-state index >= 15 is 0 Å². The van der Waals surface area contributed by atoms with Crippen molar-refractivity contribution in [1.29, 1.82) is 0 Å². The molecule has 1 saturated carbocycles. The Bertz CT molecular complexity index is 383. The van der Waals surface area contributed by atoms with Crippen molar-refractivity contribution < 1.29 is 0 Å². The molecule has 1 aliphatic carbocycles. The lowest BCUT2D eigenvalue weighted by Crippen LogP contribution is -2.35. The van der Waals surface area contributed by atoms with Crippen LogP contribution in [0.4, 0.5) is 0 Å². The lowest BCUT2D eigenvalue weighted by molar-refractivity contribution is 0.430. The van der Waals surface area contributed by atoms with Gasteiger partial charge in [-0.1, -0.05) is 13.8 Å². The summed E-state index contributed by atoms with van der Waals surface area (Å²) >= 11 is 0. The number of rotatable bonds is 7. The number of hydrogen-bond donors (Lipinski definition) is 1. The predicted octanol–water partition coefficient (Wildman–Crippen LogP) is 2.78. The standard InChI is InChI=1S/C15H27N3/c1-5-7-16-15(14-8-11(14)3)10-13-9-12(4)17-18(13)6-2/h9,11,14-16H,5-8,10H2,1-4H3. The normalized spacial score (nSPS) is 24.2. The van der Waals surface area contributed by atoms with Gasteiger partial charge >= 0.3 is 0 Å². The molecule has 3 nitrogen and oxygen atoms in total. The van der Waals surface area contributed by atoms with Crippen molar-refractivity contribution in [2.45, 2.75) is 59.5 Å². The molecule has 102 valence electrons. The summed E-state index contributed by atoms with van der Waals surface area (Å²) in [6, 6.07) is 2.89. The summed E-state index contributed by atoms with van der Waals surface area (Å²) in [5.41, 5.74) is 2.53. The molecule has 1 aromatic heterocycles. The molecule has 1 aliphatic rings. The molecule has 18 heavy (non-hydrogen) atoms. The Morgan fingerprint density at radius 3 is 2.78 bits per heavy atom. The van der Waals surface area contributed by atoms with Gasteiger partial charge in [0.15, 0.2) is 0 Å². The molecule has 1 aromatic rings.